The molecule has 0 radical (unpaired) electrons. The number of aliphatic hydroxyl groups excluding tert-OH is 1. The first kappa shape index (κ1) is 31.4. The van der Waals surface area contributed by atoms with Gasteiger partial charge in [0.1, 0.15) is 0 Å². The third kappa shape index (κ3) is 7.60. The van der Waals surface area contributed by atoms with Gasteiger partial charge in [-0.1, -0.05) is 90.4 Å². The van der Waals surface area contributed by atoms with Gasteiger partial charge in [-0.3, -0.25) is 9.69 Å². The van der Waals surface area contributed by atoms with Gasteiger partial charge in [-0.25, -0.2) is 0 Å². The molecule has 0 heterocycles. The second-order valence-electron chi connectivity index (χ2n) is 16.4. The predicted octanol–water partition coefficient (Wildman–Crippen LogP) is 8.79. The second kappa shape index (κ2) is 15.1. The monoisotopic (exact) mass is 583 g/mol. The van der Waals surface area contributed by atoms with Gasteiger partial charge in [-0.05, 0) is 107 Å². The smallest absolute Gasteiger partial charge is 0.225 e. The summed E-state index contributed by atoms with van der Waals surface area (Å²) in [5.74, 6) is 3.25. The van der Waals surface area contributed by atoms with Gasteiger partial charge < -0.3 is 10.4 Å². The van der Waals surface area contributed by atoms with Gasteiger partial charge in [0, 0.05) is 24.2 Å². The van der Waals surface area contributed by atoms with Crippen LogP contribution < -0.4 is 5.32 Å². The highest BCUT2D eigenvalue weighted by molar-refractivity contribution is 5.79. The molecule has 6 rings (SSSR count). The van der Waals surface area contributed by atoms with Crippen molar-refractivity contribution in [3.63, 3.8) is 0 Å². The zero-order valence-corrected chi connectivity index (χ0v) is 27.3. The Morgan fingerprint density at radius 2 is 1.24 bits per heavy atom. The highest BCUT2D eigenvalue weighted by Crippen LogP contribution is 2.46. The number of nitrogens with one attached hydrogen (secondary N) is 1. The summed E-state index contributed by atoms with van der Waals surface area (Å²) in [4.78, 5) is 16.6. The first-order valence-electron chi connectivity index (χ1n) is 19.3. The van der Waals surface area contributed by atoms with Crippen LogP contribution in [0.5, 0.6) is 0 Å². The van der Waals surface area contributed by atoms with Crippen molar-refractivity contribution in [2.75, 3.05) is 0 Å². The molecule has 6 fully saturated rings. The van der Waals surface area contributed by atoms with Crippen LogP contribution in [0, 0.1) is 35.5 Å². The van der Waals surface area contributed by atoms with Crippen LogP contribution in [0.4, 0.5) is 0 Å². The van der Waals surface area contributed by atoms with Crippen molar-refractivity contribution in [2.24, 2.45) is 35.5 Å². The van der Waals surface area contributed by atoms with Crippen LogP contribution in [0.2, 0.25) is 0 Å². The Bertz CT molecular complexity index is 807. The lowest BCUT2D eigenvalue weighted by Crippen LogP contribution is -2.52. The van der Waals surface area contributed by atoms with Crippen molar-refractivity contribution in [1.29, 1.82) is 0 Å². The van der Waals surface area contributed by atoms with Gasteiger partial charge in [0.25, 0.3) is 0 Å². The van der Waals surface area contributed by atoms with Crippen molar-refractivity contribution in [3.8, 4) is 0 Å². The Hall–Kier alpha value is -0.610. The van der Waals surface area contributed by atoms with E-state index in [1.54, 1.807) is 0 Å². The Balaban J connectivity index is 0.945. The van der Waals surface area contributed by atoms with Gasteiger partial charge >= 0.3 is 0 Å². The lowest BCUT2D eigenvalue weighted by molar-refractivity contribution is -0.138. The van der Waals surface area contributed by atoms with E-state index in [1.807, 2.05) is 0 Å². The number of rotatable bonds is 8. The number of hydrogen-bond acceptors (Lipinski definition) is 3. The molecule has 2 N–H and O–H groups in total. The van der Waals surface area contributed by atoms with E-state index in [1.165, 1.54) is 148 Å². The minimum absolute atomic E-state index is 0.169. The highest BCUT2D eigenvalue weighted by Gasteiger charge is 2.45. The van der Waals surface area contributed by atoms with Crippen LogP contribution in [0.15, 0.2) is 0 Å². The number of fused-ring (bicyclic) bond motifs is 1. The molecule has 0 aromatic carbocycles. The molecule has 7 atom stereocenters. The molecular weight excluding hydrogens is 516 g/mol. The van der Waals surface area contributed by atoms with E-state index < -0.39 is 6.10 Å². The summed E-state index contributed by atoms with van der Waals surface area (Å²) in [6.07, 6.45) is 33.8. The minimum atomic E-state index is -0.453. The third-order valence-corrected chi connectivity index (χ3v) is 13.8. The largest absolute Gasteiger partial charge is 0.392 e. The maximum absolute atomic E-state index is 13.4. The predicted molar refractivity (Wildman–Crippen MR) is 173 cm³/mol. The molecule has 0 aliphatic heterocycles. The Kier molecular flexibility index (Phi) is 11.3. The standard InChI is InChI=1S/C38H66N2O2/c1-27-35-18-9-8-12-30(35)26-36(37(27)41)38(42)39-31-13-10-11-29(25-31)20-19-28-21-23-34(24-22-28)40(32-14-4-2-5-15-32)33-16-6-3-7-17-33/h27-37,41H,2-26H2,1H3,(H,39,42). The lowest BCUT2D eigenvalue weighted by Gasteiger charge is -2.48. The summed E-state index contributed by atoms with van der Waals surface area (Å²) >= 11 is 0. The molecule has 6 saturated carbocycles. The zero-order chi connectivity index (χ0) is 28.9. The maximum atomic E-state index is 13.4. The van der Waals surface area contributed by atoms with Crippen molar-refractivity contribution in [2.45, 2.75) is 198 Å². The van der Waals surface area contributed by atoms with Gasteiger partial charge in [-0.2, -0.15) is 0 Å². The van der Waals surface area contributed by atoms with Crippen LogP contribution in [-0.2, 0) is 4.79 Å². The molecule has 0 aromatic rings. The molecule has 0 spiro atoms. The van der Waals surface area contributed by atoms with E-state index >= 15 is 0 Å². The average Bonchev–Trinajstić information content (AvgIpc) is 3.04. The molecule has 240 valence electrons. The number of nitrogens with zero attached hydrogens (tertiary/aromatic N) is 1. The molecule has 6 aliphatic carbocycles. The lowest BCUT2D eigenvalue weighted by atomic mass is 9.61. The van der Waals surface area contributed by atoms with Gasteiger partial charge in [0.05, 0.1) is 12.0 Å². The van der Waals surface area contributed by atoms with Crippen LogP contribution in [0.25, 0.3) is 0 Å². The summed E-state index contributed by atoms with van der Waals surface area (Å²) in [6.45, 7) is 2.21. The van der Waals surface area contributed by atoms with E-state index in [0.29, 0.717) is 17.9 Å². The number of carbonyl (C=O) groups excluding carboxylic acids is 1. The van der Waals surface area contributed by atoms with E-state index in [-0.39, 0.29) is 17.7 Å². The zero-order valence-electron chi connectivity index (χ0n) is 27.3. The van der Waals surface area contributed by atoms with E-state index in [0.717, 1.165) is 42.8 Å². The summed E-state index contributed by atoms with van der Waals surface area (Å²) in [5, 5.41) is 14.6. The molecule has 0 aromatic heterocycles. The van der Waals surface area contributed by atoms with Crippen LogP contribution >= 0.6 is 0 Å². The van der Waals surface area contributed by atoms with Crippen LogP contribution in [0.1, 0.15) is 167 Å². The van der Waals surface area contributed by atoms with Crippen molar-refractivity contribution < 1.29 is 9.90 Å². The number of aliphatic hydroxyl groups is 1. The van der Waals surface area contributed by atoms with E-state index in [9.17, 15) is 9.90 Å². The summed E-state index contributed by atoms with van der Waals surface area (Å²) in [5.41, 5.74) is 0. The molecule has 7 unspecified atom stereocenters. The van der Waals surface area contributed by atoms with Gasteiger partial charge in [0.15, 0.2) is 0 Å². The topological polar surface area (TPSA) is 52.6 Å². The molecule has 42 heavy (non-hydrogen) atoms. The van der Waals surface area contributed by atoms with E-state index in [2.05, 4.69) is 17.1 Å². The summed E-state index contributed by atoms with van der Waals surface area (Å²) < 4.78 is 0. The summed E-state index contributed by atoms with van der Waals surface area (Å²) in [7, 11) is 0. The SMILES string of the molecule is CC1C(O)C(C(=O)NC2CCCC(CCC3CCC(N(C4CCCCC4)C4CCCCC4)CC3)C2)CC2CCCCC21. The molecule has 1 amide bonds. The van der Waals surface area contributed by atoms with E-state index in [4.69, 9.17) is 0 Å². The third-order valence-electron chi connectivity index (χ3n) is 13.8. The quantitative estimate of drug-likeness (QED) is 0.301. The molecule has 4 nitrogen and oxygen atoms in total. The van der Waals surface area contributed by atoms with Gasteiger partial charge in [0.2, 0.25) is 5.91 Å². The maximum Gasteiger partial charge on any atom is 0.225 e. The fourth-order valence-electron chi connectivity index (χ4n) is 11.4. The normalized spacial score (nSPS) is 40.9. The fourth-order valence-corrected chi connectivity index (χ4v) is 11.4. The van der Waals surface area contributed by atoms with Crippen LogP contribution in [0.3, 0.4) is 0 Å². The van der Waals surface area contributed by atoms with Crippen LogP contribution in [-0.4, -0.2) is 46.2 Å². The highest BCUT2D eigenvalue weighted by atomic mass is 16.3. The molecular formula is C38H66N2O2. The Morgan fingerprint density at radius 3 is 1.93 bits per heavy atom. The summed E-state index contributed by atoms with van der Waals surface area (Å²) in [6, 6.07) is 2.97. The molecule has 0 saturated heterocycles. The first-order chi connectivity index (χ1) is 20.6. The molecule has 0 bridgehead atoms. The second-order valence-corrected chi connectivity index (χ2v) is 16.4. The molecule has 4 heteroatoms. The first-order valence-corrected chi connectivity index (χ1v) is 19.3. The average molecular weight is 583 g/mol. The minimum Gasteiger partial charge on any atom is -0.392 e. The van der Waals surface area contributed by atoms with Crippen molar-refractivity contribution >= 4 is 5.91 Å². The van der Waals surface area contributed by atoms with Crippen molar-refractivity contribution in [3.05, 3.63) is 0 Å². The number of amides is 1. The molecule has 6 aliphatic rings. The fraction of sp³-hybridized carbons (Fsp3) is 0.974. The van der Waals surface area contributed by atoms with Crippen molar-refractivity contribution in [1.82, 2.24) is 10.2 Å². The number of carbonyl (C=O) groups is 1. The Labute approximate surface area is 258 Å². The van der Waals surface area contributed by atoms with Gasteiger partial charge in [-0.15, -0.1) is 0 Å². The Morgan fingerprint density at radius 1 is 0.643 bits per heavy atom. The number of hydrogen-bond donors (Lipinski definition) is 2.